The molecule has 5 N–H and O–H groups in total. The molecular weight excluding hydrogens is 152 g/mol. The van der Waals surface area contributed by atoms with E-state index in [1.54, 1.807) is 0 Å². The molecule has 1 atom stereocenters. The molecule has 0 rings (SSSR count). The highest BCUT2D eigenvalue weighted by atomic mass is 16.7. The third-order valence-corrected chi connectivity index (χ3v) is 1.11. The first-order valence-electron chi connectivity index (χ1n) is 2.96. The van der Waals surface area contributed by atoms with Gasteiger partial charge in [-0.2, -0.15) is 5.90 Å². The Balaban J connectivity index is 3.54. The van der Waals surface area contributed by atoms with Crippen LogP contribution in [0.25, 0.3) is 0 Å². The number of carboxylic acids is 1. The van der Waals surface area contributed by atoms with Gasteiger partial charge in [0.05, 0.1) is 0 Å². The van der Waals surface area contributed by atoms with Crippen LogP contribution >= 0.6 is 0 Å². The molecule has 0 bridgehead atoms. The third kappa shape index (κ3) is 4.29. The molecule has 6 nitrogen and oxygen atoms in total. The highest BCUT2D eigenvalue weighted by molar-refractivity contribution is 5.75. The molecule has 64 valence electrons. The largest absolute Gasteiger partial charge is 0.480 e. The Hall–Kier alpha value is -1.14. The minimum atomic E-state index is -1.14. The zero-order valence-corrected chi connectivity index (χ0v) is 5.82. The van der Waals surface area contributed by atoms with Crippen LogP contribution in [0.3, 0.4) is 0 Å². The fourth-order valence-corrected chi connectivity index (χ4v) is 0.456. The van der Waals surface area contributed by atoms with E-state index in [2.05, 4.69) is 10.7 Å². The lowest BCUT2D eigenvalue weighted by Gasteiger charge is -2.03. The number of carboxylic acid groups (broad SMARTS) is 1. The molecule has 0 radical (unpaired) electrons. The van der Waals surface area contributed by atoms with Crippen LogP contribution in [0.5, 0.6) is 0 Å². The molecule has 0 spiro atoms. The Morgan fingerprint density at radius 1 is 1.55 bits per heavy atom. The monoisotopic (exact) mass is 162 g/mol. The van der Waals surface area contributed by atoms with E-state index in [4.69, 9.17) is 10.8 Å². The minimum absolute atomic E-state index is 0.0331. The SMILES string of the molecule is NOC(=O)CCC(N)C(=O)O. The van der Waals surface area contributed by atoms with Crippen LogP contribution < -0.4 is 11.6 Å². The summed E-state index contributed by atoms with van der Waals surface area (Å²) in [6, 6.07) is -1.03. The number of hydrogen-bond acceptors (Lipinski definition) is 5. The van der Waals surface area contributed by atoms with Crippen LogP contribution in [0.15, 0.2) is 0 Å². The maximum absolute atomic E-state index is 10.3. The summed E-state index contributed by atoms with van der Waals surface area (Å²) in [6.45, 7) is 0. The lowest BCUT2D eigenvalue weighted by Crippen LogP contribution is -2.30. The summed E-state index contributed by atoms with van der Waals surface area (Å²) in [5.41, 5.74) is 5.07. The molecule has 0 aliphatic carbocycles. The molecule has 11 heavy (non-hydrogen) atoms. The first-order chi connectivity index (χ1) is 5.07. The van der Waals surface area contributed by atoms with Crippen molar-refractivity contribution in [2.45, 2.75) is 18.9 Å². The summed E-state index contributed by atoms with van der Waals surface area (Å²) in [6.07, 6.45) is -0.0463. The molecule has 6 heteroatoms. The molecule has 0 aromatic rings. The fraction of sp³-hybridized carbons (Fsp3) is 0.600. The number of aliphatic carboxylic acids is 1. The average molecular weight is 162 g/mol. The number of nitrogens with two attached hydrogens (primary N) is 2. The normalized spacial score (nSPS) is 12.2. The highest BCUT2D eigenvalue weighted by Gasteiger charge is 2.13. The highest BCUT2D eigenvalue weighted by Crippen LogP contribution is 1.95. The van der Waals surface area contributed by atoms with E-state index in [1.165, 1.54) is 0 Å². The number of rotatable bonds is 4. The molecule has 0 aromatic heterocycles. The number of hydrogen-bond donors (Lipinski definition) is 3. The molecule has 0 heterocycles. The molecule has 0 aromatic carbocycles. The summed E-state index contributed by atoms with van der Waals surface area (Å²) >= 11 is 0. The van der Waals surface area contributed by atoms with Crippen LogP contribution in [-0.2, 0) is 14.4 Å². The van der Waals surface area contributed by atoms with Gasteiger partial charge in [-0.1, -0.05) is 0 Å². The van der Waals surface area contributed by atoms with E-state index in [0.717, 1.165) is 0 Å². The van der Waals surface area contributed by atoms with Crippen molar-refractivity contribution in [1.29, 1.82) is 0 Å². The first-order valence-corrected chi connectivity index (χ1v) is 2.96. The number of carbonyl (C=O) groups is 2. The van der Waals surface area contributed by atoms with Crippen LogP contribution in [0.4, 0.5) is 0 Å². The fourth-order valence-electron chi connectivity index (χ4n) is 0.456. The van der Waals surface area contributed by atoms with Gasteiger partial charge in [0.15, 0.2) is 0 Å². The van der Waals surface area contributed by atoms with Gasteiger partial charge < -0.3 is 15.7 Å². The standard InChI is InChI=1S/C5H10N2O4/c6-3(5(9)10)1-2-4(8)11-7/h3H,1-2,6-7H2,(H,9,10). The summed E-state index contributed by atoms with van der Waals surface area (Å²) in [5, 5.41) is 8.26. The maximum atomic E-state index is 10.3. The first kappa shape index (κ1) is 9.86. The van der Waals surface area contributed by atoms with Gasteiger partial charge in [0.1, 0.15) is 6.04 Å². The van der Waals surface area contributed by atoms with Crippen molar-refractivity contribution in [2.75, 3.05) is 0 Å². The molecule has 1 unspecified atom stereocenters. The molecule has 0 aliphatic heterocycles. The molecule has 0 fully saturated rings. The predicted octanol–water partition coefficient (Wildman–Crippen LogP) is -1.40. The Labute approximate surface area is 63.1 Å². The van der Waals surface area contributed by atoms with Gasteiger partial charge in [0.2, 0.25) is 0 Å². The Bertz CT molecular complexity index is 159. The van der Waals surface area contributed by atoms with Gasteiger partial charge in [-0.25, -0.2) is 0 Å². The second-order valence-corrected chi connectivity index (χ2v) is 1.97. The van der Waals surface area contributed by atoms with E-state index in [-0.39, 0.29) is 12.8 Å². The van der Waals surface area contributed by atoms with Crippen molar-refractivity contribution < 1.29 is 19.5 Å². The van der Waals surface area contributed by atoms with Crippen molar-refractivity contribution >= 4 is 11.9 Å². The van der Waals surface area contributed by atoms with Crippen LogP contribution in [-0.4, -0.2) is 23.1 Å². The van der Waals surface area contributed by atoms with Crippen LogP contribution in [0.2, 0.25) is 0 Å². The van der Waals surface area contributed by atoms with E-state index in [9.17, 15) is 9.59 Å². The Morgan fingerprint density at radius 3 is 2.45 bits per heavy atom. The second-order valence-electron chi connectivity index (χ2n) is 1.97. The van der Waals surface area contributed by atoms with Crippen molar-refractivity contribution in [3.05, 3.63) is 0 Å². The quantitative estimate of drug-likeness (QED) is 0.437. The topological polar surface area (TPSA) is 116 Å². The van der Waals surface area contributed by atoms with Crippen molar-refractivity contribution in [2.24, 2.45) is 11.6 Å². The third-order valence-electron chi connectivity index (χ3n) is 1.11. The molecule has 0 aliphatic rings. The van der Waals surface area contributed by atoms with Gasteiger partial charge in [-0.3, -0.25) is 9.59 Å². The van der Waals surface area contributed by atoms with E-state index in [1.807, 2.05) is 0 Å². The Kier molecular flexibility index (Phi) is 4.16. The summed E-state index contributed by atoms with van der Waals surface area (Å²) in [7, 11) is 0. The van der Waals surface area contributed by atoms with Crippen molar-refractivity contribution in [3.63, 3.8) is 0 Å². The summed E-state index contributed by atoms with van der Waals surface area (Å²) < 4.78 is 0. The summed E-state index contributed by atoms with van der Waals surface area (Å²) in [4.78, 5) is 24.2. The maximum Gasteiger partial charge on any atom is 0.324 e. The molecular formula is C5H10N2O4. The van der Waals surface area contributed by atoms with E-state index >= 15 is 0 Å². The van der Waals surface area contributed by atoms with E-state index < -0.39 is 18.0 Å². The van der Waals surface area contributed by atoms with Crippen LogP contribution in [0.1, 0.15) is 12.8 Å². The summed E-state index contributed by atoms with van der Waals surface area (Å²) in [5.74, 6) is 2.69. The van der Waals surface area contributed by atoms with Crippen LogP contribution in [0, 0.1) is 0 Å². The van der Waals surface area contributed by atoms with Gasteiger partial charge in [0, 0.05) is 6.42 Å². The van der Waals surface area contributed by atoms with Gasteiger partial charge >= 0.3 is 11.9 Å². The smallest absolute Gasteiger partial charge is 0.324 e. The minimum Gasteiger partial charge on any atom is -0.480 e. The lowest BCUT2D eigenvalue weighted by atomic mass is 10.2. The average Bonchev–Trinajstić information content (AvgIpc) is 1.99. The molecule has 0 amide bonds. The van der Waals surface area contributed by atoms with Gasteiger partial charge in [-0.05, 0) is 6.42 Å². The van der Waals surface area contributed by atoms with Gasteiger partial charge in [0.25, 0.3) is 0 Å². The predicted molar refractivity (Wildman–Crippen MR) is 35.1 cm³/mol. The Morgan fingerprint density at radius 2 is 2.09 bits per heavy atom. The zero-order valence-electron chi connectivity index (χ0n) is 5.82. The van der Waals surface area contributed by atoms with Gasteiger partial charge in [-0.15, -0.1) is 0 Å². The molecule has 0 saturated carbocycles. The molecule has 0 saturated heterocycles. The zero-order chi connectivity index (χ0) is 8.85. The van der Waals surface area contributed by atoms with Crippen molar-refractivity contribution in [3.8, 4) is 0 Å². The lowest BCUT2D eigenvalue weighted by molar-refractivity contribution is -0.144. The van der Waals surface area contributed by atoms with Crippen molar-refractivity contribution in [1.82, 2.24) is 0 Å². The second kappa shape index (κ2) is 4.64. The van der Waals surface area contributed by atoms with E-state index in [0.29, 0.717) is 0 Å². The number of carbonyl (C=O) groups excluding carboxylic acids is 1.